The summed E-state index contributed by atoms with van der Waals surface area (Å²) in [7, 11) is 0. The number of nitrogens with one attached hydrogen (secondary N) is 1. The first-order valence-corrected chi connectivity index (χ1v) is 10.1. The first kappa shape index (κ1) is 21.8. The molecular formula is C23H27FN2O4. The fourth-order valence-corrected chi connectivity index (χ4v) is 3.62. The van der Waals surface area contributed by atoms with Gasteiger partial charge in [0.25, 0.3) is 5.91 Å². The minimum Gasteiger partial charge on any atom is -0.435 e. The number of aliphatic hydroxyl groups excluding tert-OH is 1. The number of amides is 1. The van der Waals surface area contributed by atoms with Gasteiger partial charge in [0.1, 0.15) is 12.8 Å². The van der Waals surface area contributed by atoms with E-state index in [1.54, 1.807) is 20.8 Å². The summed E-state index contributed by atoms with van der Waals surface area (Å²) < 4.78 is 19.9. The molecule has 0 aliphatic rings. The lowest BCUT2D eigenvalue weighted by atomic mass is 10.0. The van der Waals surface area contributed by atoms with Gasteiger partial charge in [0.15, 0.2) is 6.10 Å². The molecular weight excluding hydrogens is 387 g/mol. The number of benzene rings is 2. The number of fused-ring (bicyclic) bond motifs is 3. The summed E-state index contributed by atoms with van der Waals surface area (Å²) in [5.74, 6) is -0.875. The van der Waals surface area contributed by atoms with Crippen LogP contribution in [0.2, 0.25) is 0 Å². The van der Waals surface area contributed by atoms with Gasteiger partial charge in [-0.05, 0) is 24.5 Å². The zero-order chi connectivity index (χ0) is 21.8. The van der Waals surface area contributed by atoms with Crippen LogP contribution in [0.1, 0.15) is 27.2 Å². The molecule has 160 valence electrons. The number of aliphatic hydroxyl groups is 1. The van der Waals surface area contributed by atoms with Crippen molar-refractivity contribution in [1.82, 2.24) is 9.88 Å². The summed E-state index contributed by atoms with van der Waals surface area (Å²) in [5, 5.41) is 14.2. The molecule has 0 bridgehead atoms. The smallest absolute Gasteiger partial charge is 0.419 e. The number of nitrogens with zero attached hydrogens (tertiary/aromatic N) is 1. The number of aromatic nitrogens is 1. The summed E-state index contributed by atoms with van der Waals surface area (Å²) >= 11 is 0. The predicted octanol–water partition coefficient (Wildman–Crippen LogP) is 4.03. The molecule has 0 aliphatic heterocycles. The van der Waals surface area contributed by atoms with Crippen molar-refractivity contribution in [1.29, 1.82) is 0 Å². The van der Waals surface area contributed by atoms with Gasteiger partial charge in [-0.25, -0.2) is 13.8 Å². The van der Waals surface area contributed by atoms with Crippen LogP contribution in [0.25, 0.3) is 21.8 Å². The Hall–Kier alpha value is -2.93. The number of alkyl halides is 1. The van der Waals surface area contributed by atoms with E-state index in [1.165, 1.54) is 4.57 Å². The molecule has 0 spiro atoms. The lowest BCUT2D eigenvalue weighted by Gasteiger charge is -2.26. The number of ether oxygens (including phenoxy) is 1. The van der Waals surface area contributed by atoms with Crippen molar-refractivity contribution in [3.8, 4) is 0 Å². The molecule has 7 heteroatoms. The second-order valence-electron chi connectivity index (χ2n) is 7.66. The van der Waals surface area contributed by atoms with Crippen molar-refractivity contribution in [2.75, 3.05) is 6.67 Å². The molecule has 2 N–H and O–H groups in total. The van der Waals surface area contributed by atoms with E-state index in [1.807, 2.05) is 48.5 Å². The van der Waals surface area contributed by atoms with Crippen molar-refractivity contribution in [2.24, 2.45) is 5.92 Å². The van der Waals surface area contributed by atoms with Crippen LogP contribution < -0.4 is 5.32 Å². The van der Waals surface area contributed by atoms with Gasteiger partial charge >= 0.3 is 6.09 Å². The molecule has 0 radical (unpaired) electrons. The number of carbonyl (C=O) groups excluding carboxylic acids is 2. The summed E-state index contributed by atoms with van der Waals surface area (Å²) in [5.41, 5.74) is 1.37. The van der Waals surface area contributed by atoms with Crippen molar-refractivity contribution in [3.05, 3.63) is 48.5 Å². The molecule has 3 atom stereocenters. The number of rotatable bonds is 7. The lowest BCUT2D eigenvalue weighted by molar-refractivity contribution is -0.133. The first-order chi connectivity index (χ1) is 14.4. The third kappa shape index (κ3) is 4.16. The van der Waals surface area contributed by atoms with E-state index in [0.717, 1.165) is 10.8 Å². The van der Waals surface area contributed by atoms with Crippen LogP contribution in [0.3, 0.4) is 0 Å². The molecule has 1 aromatic heterocycles. The molecule has 3 rings (SSSR count). The Labute approximate surface area is 174 Å². The predicted molar refractivity (Wildman–Crippen MR) is 114 cm³/mol. The van der Waals surface area contributed by atoms with Crippen LogP contribution in [0, 0.1) is 5.92 Å². The van der Waals surface area contributed by atoms with Gasteiger partial charge in [0, 0.05) is 10.8 Å². The second kappa shape index (κ2) is 9.26. The summed E-state index contributed by atoms with van der Waals surface area (Å²) in [6.07, 6.45) is -2.71. The van der Waals surface area contributed by atoms with Gasteiger partial charge in [0.2, 0.25) is 0 Å². The highest BCUT2D eigenvalue weighted by Crippen LogP contribution is 2.29. The highest BCUT2D eigenvalue weighted by Gasteiger charge is 2.31. The van der Waals surface area contributed by atoms with Gasteiger partial charge in [0.05, 0.1) is 17.1 Å². The topological polar surface area (TPSA) is 80.6 Å². The molecule has 6 nitrogen and oxygen atoms in total. The van der Waals surface area contributed by atoms with Crippen LogP contribution >= 0.6 is 0 Å². The SMILES string of the molecule is CCC(NC(=O)[C@@H](OC(=O)n1c2ccccc2c2ccccc21)C(C)C)C(O)CF. The quantitative estimate of drug-likeness (QED) is 0.612. The Morgan fingerprint density at radius 1 is 1.07 bits per heavy atom. The standard InChI is InChI=1S/C23H27FN2O4/c1-4-17(20(27)13-24)25-22(28)21(14(2)3)30-23(29)26-18-11-7-5-9-15(18)16-10-6-8-12-19(16)26/h5-12,14,17,20-21,27H,4,13H2,1-3H3,(H,25,28)/t17?,20?,21-/m0/s1. The Bertz CT molecular complexity index is 993. The molecule has 0 aliphatic carbocycles. The molecule has 1 heterocycles. The van der Waals surface area contributed by atoms with E-state index >= 15 is 0 Å². The number of halogens is 1. The summed E-state index contributed by atoms with van der Waals surface area (Å²) in [4.78, 5) is 25.9. The maximum Gasteiger partial charge on any atom is 0.419 e. The monoisotopic (exact) mass is 414 g/mol. The Balaban J connectivity index is 1.91. The van der Waals surface area contributed by atoms with Gasteiger partial charge < -0.3 is 15.2 Å². The van der Waals surface area contributed by atoms with Crippen molar-refractivity contribution in [3.63, 3.8) is 0 Å². The number of hydrogen-bond acceptors (Lipinski definition) is 4. The Kier molecular flexibility index (Phi) is 6.72. The summed E-state index contributed by atoms with van der Waals surface area (Å²) in [6, 6.07) is 14.2. The lowest BCUT2D eigenvalue weighted by Crippen LogP contribution is -2.50. The number of para-hydroxylation sites is 2. The van der Waals surface area contributed by atoms with Crippen molar-refractivity contribution < 1.29 is 23.8 Å². The first-order valence-electron chi connectivity index (χ1n) is 10.1. The van der Waals surface area contributed by atoms with E-state index in [0.29, 0.717) is 17.5 Å². The maximum absolute atomic E-state index is 13.1. The van der Waals surface area contributed by atoms with Crippen LogP contribution in [0.4, 0.5) is 9.18 Å². The molecule has 1 amide bonds. The fraction of sp³-hybridized carbons (Fsp3) is 0.391. The summed E-state index contributed by atoms with van der Waals surface area (Å²) in [6.45, 7) is 4.29. The zero-order valence-corrected chi connectivity index (χ0v) is 17.3. The van der Waals surface area contributed by atoms with Gasteiger partial charge in [-0.15, -0.1) is 0 Å². The number of hydrogen-bond donors (Lipinski definition) is 2. The Morgan fingerprint density at radius 3 is 2.07 bits per heavy atom. The van der Waals surface area contributed by atoms with Crippen molar-refractivity contribution in [2.45, 2.75) is 45.4 Å². The van der Waals surface area contributed by atoms with Gasteiger partial charge in [-0.2, -0.15) is 0 Å². The third-order valence-electron chi connectivity index (χ3n) is 5.24. The molecule has 0 fully saturated rings. The molecule has 0 saturated carbocycles. The molecule has 2 unspecified atom stereocenters. The zero-order valence-electron chi connectivity index (χ0n) is 17.3. The third-order valence-corrected chi connectivity index (χ3v) is 5.24. The average Bonchev–Trinajstić information content (AvgIpc) is 3.09. The van der Waals surface area contributed by atoms with E-state index in [9.17, 15) is 19.1 Å². The van der Waals surface area contributed by atoms with E-state index in [2.05, 4.69) is 5.32 Å². The molecule has 2 aromatic carbocycles. The van der Waals surface area contributed by atoms with Crippen LogP contribution in [-0.2, 0) is 9.53 Å². The molecule has 3 aromatic rings. The maximum atomic E-state index is 13.1. The molecule has 30 heavy (non-hydrogen) atoms. The average molecular weight is 414 g/mol. The second-order valence-corrected chi connectivity index (χ2v) is 7.66. The highest BCUT2D eigenvalue weighted by atomic mass is 19.1. The van der Waals surface area contributed by atoms with Crippen molar-refractivity contribution >= 4 is 33.8 Å². The Morgan fingerprint density at radius 2 is 1.60 bits per heavy atom. The van der Waals surface area contributed by atoms with Crippen LogP contribution in [-0.4, -0.2) is 46.6 Å². The van der Waals surface area contributed by atoms with Crippen LogP contribution in [0.15, 0.2) is 48.5 Å². The van der Waals surface area contributed by atoms with E-state index in [-0.39, 0.29) is 5.92 Å². The van der Waals surface area contributed by atoms with Crippen LogP contribution in [0.5, 0.6) is 0 Å². The van der Waals surface area contributed by atoms with E-state index < -0.39 is 36.9 Å². The highest BCUT2D eigenvalue weighted by molar-refractivity contribution is 6.12. The number of carbonyl (C=O) groups is 2. The molecule has 0 saturated heterocycles. The van der Waals surface area contributed by atoms with Gasteiger partial charge in [-0.3, -0.25) is 4.79 Å². The minimum atomic E-state index is -1.31. The van der Waals surface area contributed by atoms with E-state index in [4.69, 9.17) is 4.74 Å². The fourth-order valence-electron chi connectivity index (χ4n) is 3.62. The normalized spacial score (nSPS) is 14.6. The van der Waals surface area contributed by atoms with Gasteiger partial charge in [-0.1, -0.05) is 57.2 Å². The minimum absolute atomic E-state index is 0.318. The largest absolute Gasteiger partial charge is 0.435 e.